The van der Waals surface area contributed by atoms with E-state index in [0.29, 0.717) is 36.3 Å². The molecule has 0 spiro atoms. The van der Waals surface area contributed by atoms with Crippen LogP contribution in [0.1, 0.15) is 27.6 Å². The molecule has 0 fully saturated rings. The van der Waals surface area contributed by atoms with Crippen molar-refractivity contribution in [2.75, 3.05) is 73.4 Å². The Labute approximate surface area is 251 Å². The maximum Gasteiger partial charge on any atom is 0.256 e. The van der Waals surface area contributed by atoms with Crippen LogP contribution in [-0.2, 0) is 9.47 Å². The van der Waals surface area contributed by atoms with Gasteiger partial charge in [-0.2, -0.15) is 0 Å². The fourth-order valence-electron chi connectivity index (χ4n) is 3.01. The highest BCUT2D eigenvalue weighted by molar-refractivity contribution is 14.1. The zero-order valence-corrected chi connectivity index (χ0v) is 26.8. The minimum absolute atomic E-state index is 0.108. The van der Waals surface area contributed by atoms with Crippen molar-refractivity contribution in [3.8, 4) is 5.75 Å². The summed E-state index contributed by atoms with van der Waals surface area (Å²) in [4.78, 5) is 29.3. The van der Waals surface area contributed by atoms with Gasteiger partial charge in [0.1, 0.15) is 12.4 Å². The van der Waals surface area contributed by atoms with E-state index in [0.717, 1.165) is 0 Å². The lowest BCUT2D eigenvalue weighted by Gasteiger charge is -2.26. The fraction of sp³-hybridized carbons (Fsp3) is 0.636. The molecule has 0 bridgehead atoms. The van der Waals surface area contributed by atoms with Crippen LogP contribution in [0, 0.1) is 10.7 Å². The first kappa shape index (κ1) is 33.9. The van der Waals surface area contributed by atoms with E-state index < -0.39 is 37.2 Å². The lowest BCUT2D eigenvalue weighted by Crippen LogP contribution is -2.38. The average Bonchev–Trinajstić information content (AvgIpc) is 2.84. The van der Waals surface area contributed by atoms with E-state index in [-0.39, 0.29) is 37.4 Å². The molecule has 1 rings (SSSR count). The number of amides is 2. The smallest absolute Gasteiger partial charge is 0.256 e. The number of halogens is 3. The topological polar surface area (TPSA) is 149 Å². The molecule has 1 aromatic rings. The fourth-order valence-corrected chi connectivity index (χ4v) is 7.41. The van der Waals surface area contributed by atoms with Gasteiger partial charge in [-0.1, -0.05) is 0 Å². The molecule has 206 valence electrons. The van der Waals surface area contributed by atoms with Crippen LogP contribution >= 0.6 is 67.8 Å². The number of hydrogen-bond acceptors (Lipinski definition) is 9. The first-order chi connectivity index (χ1) is 17.0. The van der Waals surface area contributed by atoms with Crippen molar-refractivity contribution < 1.29 is 44.2 Å². The number of hydrogen-bond donors (Lipinski definition) is 4. The normalized spacial score (nSPS) is 12.8. The van der Waals surface area contributed by atoms with Gasteiger partial charge < -0.3 is 44.4 Å². The number of benzene rings is 1. The van der Waals surface area contributed by atoms with Crippen LogP contribution < -0.4 is 4.74 Å². The van der Waals surface area contributed by atoms with E-state index in [1.165, 1.54) is 23.9 Å². The summed E-state index contributed by atoms with van der Waals surface area (Å²) < 4.78 is 18.1. The number of carbonyl (C=O) groups is 2. The van der Waals surface area contributed by atoms with Gasteiger partial charge in [0.25, 0.3) is 11.8 Å². The second-order valence-corrected chi connectivity index (χ2v) is 11.0. The lowest BCUT2D eigenvalue weighted by molar-refractivity contribution is 0.0401. The SMILES string of the molecule is CCOCCOCCOc1c(I)c(C(=O)N(C)CC(O)CO)c(I)c(C(=O)N(C)CC(O)CO)c1I. The number of likely N-dealkylation sites (N-methyl/N-ethyl adjacent to an activating group) is 2. The molecule has 0 aliphatic carbocycles. The number of aliphatic hydroxyl groups excluding tert-OH is 4. The van der Waals surface area contributed by atoms with Gasteiger partial charge in [-0.05, 0) is 74.7 Å². The molecule has 2 unspecified atom stereocenters. The Morgan fingerprint density at radius 1 is 0.778 bits per heavy atom. The van der Waals surface area contributed by atoms with Crippen LogP contribution in [0.4, 0.5) is 0 Å². The first-order valence-electron chi connectivity index (χ1n) is 11.1. The molecule has 0 radical (unpaired) electrons. The highest BCUT2D eigenvalue weighted by atomic mass is 127. The van der Waals surface area contributed by atoms with E-state index in [4.69, 9.17) is 24.4 Å². The predicted molar refractivity (Wildman–Crippen MR) is 158 cm³/mol. The summed E-state index contributed by atoms with van der Waals surface area (Å²) in [5.41, 5.74) is 0.437. The molecule has 2 amide bonds. The van der Waals surface area contributed by atoms with Gasteiger partial charge in [-0.25, -0.2) is 0 Å². The zero-order chi connectivity index (χ0) is 27.4. The predicted octanol–water partition coefficient (Wildman–Crippen LogP) is 0.783. The largest absolute Gasteiger partial charge is 0.489 e. The second kappa shape index (κ2) is 17.5. The van der Waals surface area contributed by atoms with Gasteiger partial charge >= 0.3 is 0 Å². The summed E-state index contributed by atoms with van der Waals surface area (Å²) in [6.45, 7) is 2.57. The third-order valence-corrected chi connectivity index (χ3v) is 7.98. The van der Waals surface area contributed by atoms with Crippen LogP contribution in [0.2, 0.25) is 0 Å². The minimum atomic E-state index is -1.12. The lowest BCUT2D eigenvalue weighted by atomic mass is 10.1. The zero-order valence-electron chi connectivity index (χ0n) is 20.4. The Morgan fingerprint density at radius 3 is 1.61 bits per heavy atom. The van der Waals surface area contributed by atoms with E-state index in [9.17, 15) is 19.8 Å². The molecule has 0 heterocycles. The van der Waals surface area contributed by atoms with Gasteiger partial charge in [-0.3, -0.25) is 9.59 Å². The Balaban J connectivity index is 3.39. The Kier molecular flexibility index (Phi) is 16.5. The Morgan fingerprint density at radius 2 is 1.19 bits per heavy atom. The number of aliphatic hydroxyl groups is 4. The van der Waals surface area contributed by atoms with Crippen molar-refractivity contribution in [2.24, 2.45) is 0 Å². The molecule has 1 aromatic carbocycles. The summed E-state index contributed by atoms with van der Waals surface area (Å²) in [6.07, 6.45) is -2.23. The molecule has 2 atom stereocenters. The van der Waals surface area contributed by atoms with Crippen molar-refractivity contribution in [2.45, 2.75) is 19.1 Å². The maximum absolute atomic E-state index is 13.4. The quantitative estimate of drug-likeness (QED) is 0.140. The molecule has 0 aromatic heterocycles. The summed E-state index contributed by atoms with van der Waals surface area (Å²) in [5.74, 6) is -0.584. The summed E-state index contributed by atoms with van der Waals surface area (Å²) in [7, 11) is 2.98. The van der Waals surface area contributed by atoms with E-state index in [2.05, 4.69) is 0 Å². The molecule has 0 aliphatic rings. The van der Waals surface area contributed by atoms with Crippen LogP contribution in [0.25, 0.3) is 0 Å². The van der Waals surface area contributed by atoms with Crippen molar-refractivity contribution in [3.05, 3.63) is 21.8 Å². The monoisotopic (exact) mass is 850 g/mol. The summed E-state index contributed by atoms with van der Waals surface area (Å²) in [5, 5.41) is 37.9. The summed E-state index contributed by atoms with van der Waals surface area (Å²) >= 11 is 5.92. The van der Waals surface area contributed by atoms with Crippen molar-refractivity contribution in [1.82, 2.24) is 9.80 Å². The minimum Gasteiger partial charge on any atom is -0.489 e. The van der Waals surface area contributed by atoms with Gasteiger partial charge in [0.15, 0.2) is 0 Å². The van der Waals surface area contributed by atoms with Gasteiger partial charge in [-0.15, -0.1) is 0 Å². The van der Waals surface area contributed by atoms with Crippen molar-refractivity contribution in [1.29, 1.82) is 0 Å². The van der Waals surface area contributed by atoms with E-state index in [1.807, 2.05) is 74.7 Å². The third-order valence-electron chi connectivity index (χ3n) is 4.84. The molecule has 0 saturated carbocycles. The molecular formula is C22H33I3N2O9. The highest BCUT2D eigenvalue weighted by Gasteiger charge is 2.32. The van der Waals surface area contributed by atoms with Crippen molar-refractivity contribution in [3.63, 3.8) is 0 Å². The molecule has 0 saturated heterocycles. The van der Waals surface area contributed by atoms with Gasteiger partial charge in [0, 0.05) is 37.4 Å². The Bertz CT molecular complexity index is 819. The number of nitrogens with zero attached hydrogens (tertiary/aromatic N) is 2. The molecule has 14 heteroatoms. The second-order valence-electron chi connectivity index (χ2n) is 7.72. The van der Waals surface area contributed by atoms with Gasteiger partial charge in [0.2, 0.25) is 0 Å². The molecule has 11 nitrogen and oxygen atoms in total. The van der Waals surface area contributed by atoms with Crippen LogP contribution in [-0.4, -0.2) is 128 Å². The molecule has 36 heavy (non-hydrogen) atoms. The van der Waals surface area contributed by atoms with Gasteiger partial charge in [0.05, 0.1) is 63.5 Å². The summed E-state index contributed by atoms with van der Waals surface area (Å²) in [6, 6.07) is 0. The van der Waals surface area contributed by atoms with E-state index >= 15 is 0 Å². The van der Waals surface area contributed by atoms with Crippen LogP contribution in [0.5, 0.6) is 5.75 Å². The van der Waals surface area contributed by atoms with Crippen LogP contribution in [0.3, 0.4) is 0 Å². The van der Waals surface area contributed by atoms with Crippen molar-refractivity contribution >= 4 is 79.6 Å². The number of carbonyl (C=O) groups excluding carboxylic acids is 2. The Hall–Kier alpha value is -0.0900. The van der Waals surface area contributed by atoms with E-state index in [1.54, 1.807) is 0 Å². The molecule has 0 aliphatic heterocycles. The number of ether oxygens (including phenoxy) is 3. The number of rotatable bonds is 16. The highest BCUT2D eigenvalue weighted by Crippen LogP contribution is 2.38. The first-order valence-corrected chi connectivity index (χ1v) is 14.3. The molecule has 4 N–H and O–H groups in total. The molecular weight excluding hydrogens is 817 g/mol. The standard InChI is InChI=1S/C22H33I3N2O9/c1-4-34-5-6-35-7-8-36-20-18(24)15(21(32)26(2)9-13(30)11-28)17(23)16(19(20)25)22(33)27(3)10-14(31)12-29/h13-14,28-31H,4-12H2,1-3H3. The van der Waals surface area contributed by atoms with Crippen LogP contribution in [0.15, 0.2) is 0 Å². The maximum atomic E-state index is 13.4. The third kappa shape index (κ3) is 9.90. The average molecular weight is 850 g/mol.